The first-order chi connectivity index (χ1) is 18.5. The Morgan fingerprint density at radius 2 is 0.816 bits per heavy atom. The molecule has 0 fully saturated rings. The van der Waals surface area contributed by atoms with Crippen molar-refractivity contribution in [2.45, 2.75) is 39.5 Å². The highest BCUT2D eigenvalue weighted by Gasteiger charge is 2.36. The van der Waals surface area contributed by atoms with E-state index in [9.17, 15) is 19.2 Å². The van der Waals surface area contributed by atoms with Crippen LogP contribution in [-0.2, 0) is 0 Å². The van der Waals surface area contributed by atoms with Crippen LogP contribution in [0.25, 0.3) is 43.1 Å². The molecule has 0 bridgehead atoms. The summed E-state index contributed by atoms with van der Waals surface area (Å²) in [5.41, 5.74) is 2.17. The Morgan fingerprint density at radius 1 is 0.447 bits per heavy atom. The summed E-state index contributed by atoms with van der Waals surface area (Å²) >= 11 is 0. The lowest BCUT2D eigenvalue weighted by Gasteiger charge is -2.30. The highest BCUT2D eigenvalue weighted by Crippen LogP contribution is 2.46. The van der Waals surface area contributed by atoms with E-state index in [1.165, 1.54) is 9.80 Å². The number of benzene rings is 5. The monoisotopic (exact) mass is 502 g/mol. The number of carbonyl (C=O) groups is 4. The normalized spacial score (nSPS) is 15.3. The molecule has 0 aliphatic carbocycles. The standard InChI is InChI=1S/C32H26N2O4/c1-3-5-6-16-34-31(37)23-13-9-19-17-7-11-21-27-22(30(36)33(15-4-2)29(21)35)12-8-18(25(17)27)20-10-14-24(32(34)38)28(23)26(19)20/h7-14H,3-6,15-16H2,1-2H3. The summed E-state index contributed by atoms with van der Waals surface area (Å²) in [4.78, 5) is 56.4. The molecule has 4 amide bonds. The molecular weight excluding hydrogens is 476 g/mol. The molecule has 6 nitrogen and oxygen atoms in total. The number of amides is 4. The minimum absolute atomic E-state index is 0.245. The van der Waals surface area contributed by atoms with Gasteiger partial charge in [-0.2, -0.15) is 0 Å². The van der Waals surface area contributed by atoms with Crippen LogP contribution in [0.4, 0.5) is 0 Å². The molecule has 2 aliphatic rings. The van der Waals surface area contributed by atoms with Gasteiger partial charge in [-0.25, -0.2) is 0 Å². The molecule has 0 aromatic heterocycles. The van der Waals surface area contributed by atoms with E-state index in [0.717, 1.165) is 51.6 Å². The number of rotatable bonds is 6. The van der Waals surface area contributed by atoms with Gasteiger partial charge in [0.15, 0.2) is 0 Å². The molecule has 2 aliphatic heterocycles. The van der Waals surface area contributed by atoms with Gasteiger partial charge in [0.2, 0.25) is 0 Å². The summed E-state index contributed by atoms with van der Waals surface area (Å²) in [6.45, 7) is 4.84. The fourth-order valence-corrected chi connectivity index (χ4v) is 6.52. The van der Waals surface area contributed by atoms with Crippen LogP contribution in [0.3, 0.4) is 0 Å². The van der Waals surface area contributed by atoms with Gasteiger partial charge in [-0.3, -0.25) is 29.0 Å². The van der Waals surface area contributed by atoms with E-state index in [1.807, 2.05) is 55.5 Å². The van der Waals surface area contributed by atoms with Crippen molar-refractivity contribution >= 4 is 66.7 Å². The van der Waals surface area contributed by atoms with Gasteiger partial charge < -0.3 is 0 Å². The lowest BCUT2D eigenvalue weighted by Crippen LogP contribution is -2.41. The molecule has 0 radical (unpaired) electrons. The van der Waals surface area contributed by atoms with Crippen LogP contribution < -0.4 is 0 Å². The zero-order valence-corrected chi connectivity index (χ0v) is 21.4. The van der Waals surface area contributed by atoms with E-state index in [1.54, 1.807) is 0 Å². The van der Waals surface area contributed by atoms with Gasteiger partial charge in [-0.1, -0.05) is 51.0 Å². The van der Waals surface area contributed by atoms with Crippen LogP contribution in [0.15, 0.2) is 48.5 Å². The summed E-state index contributed by atoms with van der Waals surface area (Å²) < 4.78 is 0. The highest BCUT2D eigenvalue weighted by atomic mass is 16.2. The second-order valence-corrected chi connectivity index (χ2v) is 10.4. The maximum Gasteiger partial charge on any atom is 0.261 e. The SMILES string of the molecule is CCCCCN1C(=O)c2ccc3c4ccc5c6c(ccc(c7ccc(c2c37)C1=O)c64)C(=O)N(CCC)C5=O. The van der Waals surface area contributed by atoms with Crippen LogP contribution in [0.5, 0.6) is 0 Å². The molecule has 2 heterocycles. The molecule has 0 N–H and O–H groups in total. The first kappa shape index (κ1) is 22.8. The molecule has 0 saturated carbocycles. The van der Waals surface area contributed by atoms with E-state index >= 15 is 0 Å². The van der Waals surface area contributed by atoms with E-state index in [-0.39, 0.29) is 23.6 Å². The van der Waals surface area contributed by atoms with Crippen molar-refractivity contribution in [3.63, 3.8) is 0 Å². The zero-order valence-electron chi connectivity index (χ0n) is 21.4. The predicted molar refractivity (Wildman–Crippen MR) is 148 cm³/mol. The van der Waals surface area contributed by atoms with Crippen LogP contribution in [0, 0.1) is 0 Å². The maximum absolute atomic E-state index is 13.5. The number of fused-ring (bicyclic) bond motifs is 2. The van der Waals surface area contributed by atoms with Gasteiger partial charge in [0, 0.05) is 46.1 Å². The van der Waals surface area contributed by atoms with E-state index in [4.69, 9.17) is 0 Å². The smallest absolute Gasteiger partial charge is 0.261 e. The first-order valence-corrected chi connectivity index (χ1v) is 13.4. The number of carbonyl (C=O) groups excluding carboxylic acids is 4. The number of unbranched alkanes of at least 4 members (excludes halogenated alkanes) is 2. The number of hydrogen-bond donors (Lipinski definition) is 0. The minimum Gasteiger partial charge on any atom is -0.274 e. The number of imide groups is 2. The van der Waals surface area contributed by atoms with E-state index in [2.05, 4.69) is 6.92 Å². The van der Waals surface area contributed by atoms with Crippen molar-refractivity contribution in [2.24, 2.45) is 0 Å². The summed E-state index contributed by atoms with van der Waals surface area (Å²) in [5, 5.41) is 6.78. The summed E-state index contributed by atoms with van der Waals surface area (Å²) in [6.07, 6.45) is 3.45. The Kier molecular flexibility index (Phi) is 4.86. The average molecular weight is 503 g/mol. The maximum atomic E-state index is 13.5. The molecule has 0 unspecified atom stereocenters. The third-order valence-electron chi connectivity index (χ3n) is 8.24. The Bertz CT molecular complexity index is 1770. The number of nitrogens with zero attached hydrogens (tertiary/aromatic N) is 2. The summed E-state index contributed by atoms with van der Waals surface area (Å²) in [6, 6.07) is 15.1. The predicted octanol–water partition coefficient (Wildman–Crippen LogP) is 6.53. The van der Waals surface area contributed by atoms with Crippen LogP contribution >= 0.6 is 0 Å². The summed E-state index contributed by atoms with van der Waals surface area (Å²) in [7, 11) is 0. The second-order valence-electron chi connectivity index (χ2n) is 10.4. The highest BCUT2D eigenvalue weighted by molar-refractivity contribution is 6.41. The van der Waals surface area contributed by atoms with Crippen molar-refractivity contribution < 1.29 is 19.2 Å². The molecule has 0 saturated heterocycles. The zero-order chi connectivity index (χ0) is 26.3. The minimum atomic E-state index is -0.261. The first-order valence-electron chi connectivity index (χ1n) is 13.4. The van der Waals surface area contributed by atoms with Gasteiger partial charge in [-0.05, 0) is 69.4 Å². The van der Waals surface area contributed by atoms with E-state index < -0.39 is 0 Å². The van der Waals surface area contributed by atoms with Crippen molar-refractivity contribution in [3.05, 3.63) is 70.8 Å². The quantitative estimate of drug-likeness (QED) is 0.115. The third kappa shape index (κ3) is 2.77. The van der Waals surface area contributed by atoms with Crippen LogP contribution in [-0.4, -0.2) is 46.5 Å². The van der Waals surface area contributed by atoms with Crippen LogP contribution in [0.2, 0.25) is 0 Å². The van der Waals surface area contributed by atoms with Crippen molar-refractivity contribution in [2.75, 3.05) is 13.1 Å². The van der Waals surface area contributed by atoms with Gasteiger partial charge >= 0.3 is 0 Å². The number of hydrogen-bond acceptors (Lipinski definition) is 4. The van der Waals surface area contributed by atoms with Crippen molar-refractivity contribution in [3.8, 4) is 0 Å². The van der Waals surface area contributed by atoms with Crippen molar-refractivity contribution in [1.29, 1.82) is 0 Å². The Hall–Kier alpha value is -4.32. The van der Waals surface area contributed by atoms with Gasteiger partial charge in [0.05, 0.1) is 0 Å². The van der Waals surface area contributed by atoms with Gasteiger partial charge in [0.25, 0.3) is 23.6 Å². The third-order valence-corrected chi connectivity index (χ3v) is 8.24. The van der Waals surface area contributed by atoms with Gasteiger partial charge in [-0.15, -0.1) is 0 Å². The van der Waals surface area contributed by atoms with Gasteiger partial charge in [0.1, 0.15) is 0 Å². The second kappa shape index (κ2) is 8.09. The molecule has 6 heteroatoms. The molecule has 5 aromatic carbocycles. The topological polar surface area (TPSA) is 74.8 Å². The Morgan fingerprint density at radius 3 is 1.16 bits per heavy atom. The molecule has 38 heavy (non-hydrogen) atoms. The Labute approximate surface area is 219 Å². The molecule has 0 spiro atoms. The molecule has 7 rings (SSSR count). The molecule has 0 atom stereocenters. The van der Waals surface area contributed by atoms with E-state index in [0.29, 0.717) is 52.5 Å². The molecule has 188 valence electrons. The summed E-state index contributed by atoms with van der Waals surface area (Å²) in [5.74, 6) is -1.01. The fraction of sp³-hybridized carbons (Fsp3) is 0.250. The lowest BCUT2D eigenvalue weighted by atomic mass is 9.82. The average Bonchev–Trinajstić information content (AvgIpc) is 2.93. The Balaban J connectivity index is 1.54. The molecular formula is C32H26N2O4. The van der Waals surface area contributed by atoms with Crippen LogP contribution in [0.1, 0.15) is 81.0 Å². The lowest BCUT2D eigenvalue weighted by molar-refractivity contribution is 0.0594. The van der Waals surface area contributed by atoms with Crippen molar-refractivity contribution in [1.82, 2.24) is 9.80 Å². The largest absolute Gasteiger partial charge is 0.274 e. The fourth-order valence-electron chi connectivity index (χ4n) is 6.52. The molecule has 5 aromatic rings.